The molecule has 2 fully saturated rings. The molecule has 1 saturated heterocycles. The highest BCUT2D eigenvalue weighted by molar-refractivity contribution is 7.90. The van der Waals surface area contributed by atoms with Gasteiger partial charge in [-0.1, -0.05) is 111 Å². The Kier molecular flexibility index (Phi) is 14.8. The number of rotatable bonds is 15. The summed E-state index contributed by atoms with van der Waals surface area (Å²) in [4.78, 5) is 64.1. The van der Waals surface area contributed by atoms with Crippen LogP contribution in [-0.4, -0.2) is 85.1 Å². The number of aromatic nitrogens is 1. The lowest BCUT2D eigenvalue weighted by Gasteiger charge is -2.36. The number of carbonyl (C=O) groups excluding carboxylic acids is 4. The number of pyridine rings is 1. The second kappa shape index (κ2) is 19.6. The molecule has 5 atom stereocenters. The highest BCUT2D eigenvalue weighted by Crippen LogP contribution is 2.46. The summed E-state index contributed by atoms with van der Waals surface area (Å²) in [6.45, 7) is 26.1. The summed E-state index contributed by atoms with van der Waals surface area (Å²) in [5.74, 6) is -2.02. The van der Waals surface area contributed by atoms with Crippen LogP contribution in [0.4, 0.5) is 4.79 Å². The summed E-state index contributed by atoms with van der Waals surface area (Å²) in [5, 5.41) is 6.32. The molecule has 3 aromatic carbocycles. The monoisotopic (exact) mass is 951 g/mol. The number of benzene rings is 3. The molecule has 2 heterocycles. The number of nitrogens with zero attached hydrogens (tertiary/aromatic N) is 2. The molecule has 2 aliphatic rings. The van der Waals surface area contributed by atoms with E-state index in [4.69, 9.17) is 19.2 Å². The average molecular weight is 952 g/mol. The molecule has 366 valence electrons. The molecule has 14 nitrogen and oxygen atoms in total. The summed E-state index contributed by atoms with van der Waals surface area (Å²) in [6, 6.07) is 18.2. The van der Waals surface area contributed by atoms with Crippen LogP contribution in [0, 0.1) is 11.3 Å². The van der Waals surface area contributed by atoms with Crippen molar-refractivity contribution in [2.75, 3.05) is 13.7 Å². The Morgan fingerprint density at radius 1 is 0.882 bits per heavy atom. The Bertz CT molecular complexity index is 2660. The predicted octanol–water partition coefficient (Wildman–Crippen LogP) is 9.13. The lowest BCUT2D eigenvalue weighted by molar-refractivity contribution is -0.143. The molecule has 4 aromatic rings. The van der Waals surface area contributed by atoms with E-state index in [0.29, 0.717) is 39.2 Å². The van der Waals surface area contributed by atoms with Gasteiger partial charge in [-0.05, 0) is 79.2 Å². The van der Waals surface area contributed by atoms with Gasteiger partial charge in [-0.15, -0.1) is 6.58 Å². The Hall–Kier alpha value is -5.96. The Morgan fingerprint density at radius 3 is 2.04 bits per heavy atom. The van der Waals surface area contributed by atoms with Gasteiger partial charge in [0.25, 0.3) is 15.9 Å². The number of carbonyl (C=O) groups is 4. The van der Waals surface area contributed by atoms with Crippen LogP contribution in [0.3, 0.4) is 0 Å². The number of sulfonamides is 1. The van der Waals surface area contributed by atoms with Crippen LogP contribution in [0.5, 0.6) is 11.5 Å². The standard InChI is InChI=1S/C53H69N5O9S/c1-15-35-28-53(35,49(61)57-68(63,64)45-39(31(4)5)23-34(30(2)3)24-40(45)32(6)7)56-47(59)43-26-37(29-58(43)48(60)46(51(8,9)10)55-50(62)67-52(11,12)13)66-44-27-41(33-19-17-16-18-20-33)54-42-25-36(65-14)21-22-38(42)44/h15-25,27,30-32,35,37,43,46H,1,26,28-29H2,2-14H3,(H,55,62)(H,56,59)(H,57,61)/t35?,37-,43+,46-,53-/m1/s1. The van der Waals surface area contributed by atoms with Gasteiger partial charge in [-0.2, -0.15) is 0 Å². The van der Waals surface area contributed by atoms with Gasteiger partial charge >= 0.3 is 6.09 Å². The minimum absolute atomic E-state index is 0.0199. The topological polar surface area (TPSA) is 182 Å². The SMILES string of the molecule is C=CC1C[C@]1(NC(=O)[C@@H]1C[C@@H](Oc2cc(-c3ccccc3)nc3cc(OC)ccc23)CN1C(=O)[C@@H](NC(=O)OC(C)(C)C)C(C)(C)C)C(=O)NS(=O)(=O)c1c(C(C)C)cc(C(C)C)cc1C(C)C. The Labute approximate surface area is 402 Å². The Morgan fingerprint density at radius 2 is 1.51 bits per heavy atom. The van der Waals surface area contributed by atoms with Crippen LogP contribution in [0.2, 0.25) is 0 Å². The van der Waals surface area contributed by atoms with Crippen molar-refractivity contribution in [3.63, 3.8) is 0 Å². The van der Waals surface area contributed by atoms with E-state index in [2.05, 4.69) is 21.9 Å². The molecule has 0 spiro atoms. The number of methoxy groups -OCH3 is 1. The number of amides is 4. The molecule has 68 heavy (non-hydrogen) atoms. The third-order valence-corrected chi connectivity index (χ3v) is 14.1. The molecule has 1 aromatic heterocycles. The maximum atomic E-state index is 15.0. The molecule has 3 N–H and O–H groups in total. The van der Waals surface area contributed by atoms with Crippen molar-refractivity contribution in [1.29, 1.82) is 0 Å². The van der Waals surface area contributed by atoms with Crippen LogP contribution in [0.25, 0.3) is 22.2 Å². The minimum atomic E-state index is -4.48. The number of hydrogen-bond acceptors (Lipinski definition) is 10. The van der Waals surface area contributed by atoms with Crippen molar-refractivity contribution < 1.29 is 41.8 Å². The third kappa shape index (κ3) is 11.1. The maximum absolute atomic E-state index is 15.0. The molecule has 0 radical (unpaired) electrons. The van der Waals surface area contributed by atoms with E-state index in [-0.39, 0.29) is 42.0 Å². The number of alkyl carbamates (subject to hydrolysis) is 1. The maximum Gasteiger partial charge on any atom is 0.408 e. The zero-order valence-corrected chi connectivity index (χ0v) is 42.6. The second-order valence-electron chi connectivity index (χ2n) is 21.1. The first-order valence-electron chi connectivity index (χ1n) is 23.4. The summed E-state index contributed by atoms with van der Waals surface area (Å²) < 4.78 is 49.3. The molecule has 6 rings (SSSR count). The first-order valence-corrected chi connectivity index (χ1v) is 24.9. The summed E-state index contributed by atoms with van der Waals surface area (Å²) in [7, 11) is -2.91. The van der Waals surface area contributed by atoms with Crippen LogP contribution in [-0.2, 0) is 29.1 Å². The number of nitrogens with one attached hydrogen (secondary N) is 3. The van der Waals surface area contributed by atoms with Crippen molar-refractivity contribution >= 4 is 44.7 Å². The van der Waals surface area contributed by atoms with Crippen LogP contribution >= 0.6 is 0 Å². The zero-order valence-electron chi connectivity index (χ0n) is 41.8. The molecule has 4 amide bonds. The first-order chi connectivity index (χ1) is 31.7. The quantitative estimate of drug-likeness (QED) is 0.0972. The fourth-order valence-electron chi connectivity index (χ4n) is 8.75. The lowest BCUT2D eigenvalue weighted by Crippen LogP contribution is -2.60. The van der Waals surface area contributed by atoms with E-state index in [1.807, 2.05) is 96.1 Å². The second-order valence-corrected chi connectivity index (χ2v) is 22.7. The summed E-state index contributed by atoms with van der Waals surface area (Å²) in [5.41, 5.74) is 0.799. The summed E-state index contributed by atoms with van der Waals surface area (Å²) in [6.07, 6.45) is -0.0150. The van der Waals surface area contributed by atoms with E-state index < -0.39 is 74.5 Å². The average Bonchev–Trinajstić information content (AvgIpc) is 3.82. The highest BCUT2D eigenvalue weighted by atomic mass is 32.2. The largest absolute Gasteiger partial charge is 0.497 e. The number of hydrogen-bond donors (Lipinski definition) is 3. The highest BCUT2D eigenvalue weighted by Gasteiger charge is 2.62. The Balaban J connectivity index is 1.38. The van der Waals surface area contributed by atoms with Crippen molar-refractivity contribution in [3.8, 4) is 22.8 Å². The molecule has 1 aliphatic heterocycles. The number of fused-ring (bicyclic) bond motifs is 1. The van der Waals surface area contributed by atoms with Crippen molar-refractivity contribution in [3.05, 3.63) is 96.1 Å². The van der Waals surface area contributed by atoms with Gasteiger partial charge in [0, 0.05) is 35.4 Å². The first kappa shape index (κ1) is 51.4. The van der Waals surface area contributed by atoms with Gasteiger partial charge in [-0.25, -0.2) is 22.9 Å². The van der Waals surface area contributed by atoms with E-state index in [0.717, 1.165) is 11.1 Å². The van der Waals surface area contributed by atoms with Gasteiger partial charge < -0.3 is 29.7 Å². The van der Waals surface area contributed by atoms with Crippen molar-refractivity contribution in [1.82, 2.24) is 25.2 Å². The van der Waals surface area contributed by atoms with Gasteiger partial charge in [0.05, 0.1) is 29.8 Å². The molecule has 0 bridgehead atoms. The van der Waals surface area contributed by atoms with Crippen molar-refractivity contribution in [2.24, 2.45) is 11.3 Å². The fourth-order valence-corrected chi connectivity index (χ4v) is 10.5. The molecule has 15 heteroatoms. The molecule has 1 aliphatic carbocycles. The van der Waals surface area contributed by atoms with E-state index in [1.54, 1.807) is 60.8 Å². The van der Waals surface area contributed by atoms with Crippen LogP contribution in [0.15, 0.2) is 84.3 Å². The molecule has 1 unspecified atom stereocenters. The van der Waals surface area contributed by atoms with Crippen molar-refractivity contribution in [2.45, 2.75) is 148 Å². The van der Waals surface area contributed by atoms with Crippen LogP contribution in [0.1, 0.15) is 130 Å². The molecule has 1 saturated carbocycles. The van der Waals surface area contributed by atoms with Crippen LogP contribution < -0.4 is 24.8 Å². The minimum Gasteiger partial charge on any atom is -0.497 e. The predicted molar refractivity (Wildman–Crippen MR) is 264 cm³/mol. The number of likely N-dealkylation sites (tertiary alicyclic amines) is 1. The summed E-state index contributed by atoms with van der Waals surface area (Å²) >= 11 is 0. The van der Waals surface area contributed by atoms with E-state index >= 15 is 0 Å². The normalized spacial score (nSPS) is 20.0. The van der Waals surface area contributed by atoms with E-state index in [9.17, 15) is 27.6 Å². The third-order valence-electron chi connectivity index (χ3n) is 12.6. The van der Waals surface area contributed by atoms with Gasteiger partial charge in [-0.3, -0.25) is 14.4 Å². The number of ether oxygens (including phenoxy) is 3. The molecular weight excluding hydrogens is 883 g/mol. The molecular formula is C53H69N5O9S. The van der Waals surface area contributed by atoms with E-state index in [1.165, 1.54) is 11.0 Å². The fraction of sp³-hybridized carbons (Fsp3) is 0.491. The smallest absolute Gasteiger partial charge is 0.408 e. The van der Waals surface area contributed by atoms with Gasteiger partial charge in [0.15, 0.2) is 0 Å². The van der Waals surface area contributed by atoms with Gasteiger partial charge in [0.2, 0.25) is 11.8 Å². The zero-order chi connectivity index (χ0) is 50.3. The van der Waals surface area contributed by atoms with Gasteiger partial charge in [0.1, 0.15) is 40.8 Å². The lowest BCUT2D eigenvalue weighted by atomic mass is 9.85.